The zero-order valence-electron chi connectivity index (χ0n) is 16.6. The number of unbranched alkanes of at least 4 members (excludes halogenated alkanes) is 8. The first-order valence-electron chi connectivity index (χ1n) is 9.94. The van der Waals surface area contributed by atoms with Crippen molar-refractivity contribution in [3.63, 3.8) is 0 Å². The highest BCUT2D eigenvalue weighted by Gasteiger charge is 2.11. The van der Waals surface area contributed by atoms with Crippen molar-refractivity contribution in [2.24, 2.45) is 0 Å². The first kappa shape index (κ1) is 23.9. The lowest BCUT2D eigenvalue weighted by Gasteiger charge is -2.12. The van der Waals surface area contributed by atoms with E-state index in [2.05, 4.69) is 0 Å². The second-order valence-electron chi connectivity index (χ2n) is 6.90. The molecule has 0 unspecified atom stereocenters. The fraction of sp³-hybridized carbons (Fsp3) is 0.700. The van der Waals surface area contributed by atoms with Gasteiger partial charge in [-0.2, -0.15) is 0 Å². The molecule has 1 aromatic rings. The minimum absolute atomic E-state index is 0.00141. The number of benzene rings is 1. The van der Waals surface area contributed by atoms with E-state index in [4.69, 9.17) is 19.3 Å². The second kappa shape index (κ2) is 13.1. The predicted molar refractivity (Wildman–Crippen MR) is 106 cm³/mol. The van der Waals surface area contributed by atoms with Crippen LogP contribution in [0.3, 0.4) is 0 Å². The fourth-order valence-corrected chi connectivity index (χ4v) is 3.60. The molecule has 0 saturated carbocycles. The van der Waals surface area contributed by atoms with Crippen LogP contribution in [0, 0.1) is 12.7 Å². The highest BCUT2D eigenvalue weighted by atomic mass is 31.2. The number of halogens is 1. The van der Waals surface area contributed by atoms with E-state index in [0.29, 0.717) is 31.1 Å². The van der Waals surface area contributed by atoms with Crippen molar-refractivity contribution in [2.45, 2.75) is 71.6 Å². The summed E-state index contributed by atoms with van der Waals surface area (Å²) in [6, 6.07) is 3.16. The van der Waals surface area contributed by atoms with Crippen LogP contribution in [0.25, 0.3) is 0 Å². The van der Waals surface area contributed by atoms with Crippen LogP contribution in [0.1, 0.15) is 70.3 Å². The lowest BCUT2D eigenvalue weighted by Crippen LogP contribution is -2.02. The van der Waals surface area contributed by atoms with Crippen LogP contribution < -0.4 is 9.47 Å². The Hall–Kier alpha value is -1.10. The molecule has 27 heavy (non-hydrogen) atoms. The largest absolute Gasteiger partial charge is 0.494 e. The molecular formula is C20H34FO5P. The highest BCUT2D eigenvalue weighted by molar-refractivity contribution is 7.51. The monoisotopic (exact) mass is 404 g/mol. The maximum atomic E-state index is 14.1. The Balaban J connectivity index is 2.04. The molecule has 1 aromatic carbocycles. The van der Waals surface area contributed by atoms with Crippen LogP contribution in [-0.4, -0.2) is 29.2 Å². The maximum Gasteiger partial charge on any atom is 0.325 e. The van der Waals surface area contributed by atoms with Crippen molar-refractivity contribution in [1.29, 1.82) is 0 Å². The molecule has 0 radical (unpaired) electrons. The van der Waals surface area contributed by atoms with Gasteiger partial charge in [-0.25, -0.2) is 4.39 Å². The third-order valence-corrected chi connectivity index (χ3v) is 5.25. The molecule has 0 bridgehead atoms. The van der Waals surface area contributed by atoms with Gasteiger partial charge in [0.1, 0.15) is 5.75 Å². The predicted octanol–water partition coefficient (Wildman–Crippen LogP) is 5.60. The van der Waals surface area contributed by atoms with Crippen molar-refractivity contribution < 1.29 is 28.2 Å². The Morgan fingerprint density at radius 1 is 0.926 bits per heavy atom. The molecule has 0 atom stereocenters. The molecule has 0 fully saturated rings. The van der Waals surface area contributed by atoms with E-state index in [0.717, 1.165) is 56.9 Å². The van der Waals surface area contributed by atoms with E-state index in [1.54, 1.807) is 6.07 Å². The summed E-state index contributed by atoms with van der Waals surface area (Å²) in [5.41, 5.74) is 0.747. The van der Waals surface area contributed by atoms with Crippen LogP contribution in [0.15, 0.2) is 12.1 Å². The minimum Gasteiger partial charge on any atom is -0.494 e. The molecular weight excluding hydrogens is 370 g/mol. The summed E-state index contributed by atoms with van der Waals surface area (Å²) in [7, 11) is -3.82. The Morgan fingerprint density at radius 2 is 1.48 bits per heavy atom. The van der Waals surface area contributed by atoms with Gasteiger partial charge in [0.15, 0.2) is 11.6 Å². The van der Waals surface area contributed by atoms with Crippen LogP contribution in [0.2, 0.25) is 0 Å². The topological polar surface area (TPSA) is 76.0 Å². The standard InChI is InChI=1S/C20H34FO5P/c1-3-25-18-15-17(2)20(19(21)16-18)26-13-11-9-7-5-4-6-8-10-12-14-27(22,23)24/h15-16H,3-14H2,1-2H3,(H2,22,23,24). The third-order valence-electron chi connectivity index (χ3n) is 4.35. The number of hydrogen-bond donors (Lipinski definition) is 2. The number of hydrogen-bond acceptors (Lipinski definition) is 3. The molecule has 0 heterocycles. The first-order chi connectivity index (χ1) is 12.8. The average Bonchev–Trinajstić information content (AvgIpc) is 2.57. The van der Waals surface area contributed by atoms with Gasteiger partial charge in [0.2, 0.25) is 0 Å². The van der Waals surface area contributed by atoms with E-state index in [-0.39, 0.29) is 12.0 Å². The Morgan fingerprint density at radius 3 is 2.00 bits per heavy atom. The smallest absolute Gasteiger partial charge is 0.325 e. The number of rotatable bonds is 15. The molecule has 0 aliphatic carbocycles. The number of ether oxygens (including phenoxy) is 2. The summed E-state index contributed by atoms with van der Waals surface area (Å²) in [6.07, 6.45) is 8.98. The maximum absolute atomic E-state index is 14.1. The van der Waals surface area contributed by atoms with Gasteiger partial charge in [-0.3, -0.25) is 4.57 Å². The summed E-state index contributed by atoms with van der Waals surface area (Å²) in [5.74, 6) is 0.465. The second-order valence-corrected chi connectivity index (χ2v) is 8.68. The van der Waals surface area contributed by atoms with Crippen LogP contribution in [0.4, 0.5) is 4.39 Å². The first-order valence-corrected chi connectivity index (χ1v) is 11.7. The SMILES string of the molecule is CCOc1cc(C)c(OCCCCCCCCCCCP(=O)(O)O)c(F)c1. The summed E-state index contributed by atoms with van der Waals surface area (Å²) in [4.78, 5) is 17.5. The van der Waals surface area contributed by atoms with Crippen molar-refractivity contribution in [2.75, 3.05) is 19.4 Å². The zero-order chi connectivity index (χ0) is 20.1. The quantitative estimate of drug-likeness (QED) is 0.294. The Kier molecular flexibility index (Phi) is 11.7. The summed E-state index contributed by atoms with van der Waals surface area (Å²) in [5, 5.41) is 0. The molecule has 1 rings (SSSR count). The van der Waals surface area contributed by atoms with Gasteiger partial charge in [-0.15, -0.1) is 0 Å². The van der Waals surface area contributed by atoms with Gasteiger partial charge in [0.25, 0.3) is 0 Å². The van der Waals surface area contributed by atoms with Gasteiger partial charge < -0.3 is 19.3 Å². The van der Waals surface area contributed by atoms with Crippen LogP contribution in [0.5, 0.6) is 11.5 Å². The van der Waals surface area contributed by atoms with Crippen molar-refractivity contribution in [1.82, 2.24) is 0 Å². The van der Waals surface area contributed by atoms with Crippen molar-refractivity contribution in [3.05, 3.63) is 23.5 Å². The molecule has 0 spiro atoms. The van der Waals surface area contributed by atoms with Gasteiger partial charge in [-0.1, -0.05) is 44.9 Å². The van der Waals surface area contributed by atoms with Gasteiger partial charge >= 0.3 is 7.60 Å². The Bertz CT molecular complexity index is 565. The normalized spacial score (nSPS) is 11.6. The molecule has 2 N–H and O–H groups in total. The lowest BCUT2D eigenvalue weighted by molar-refractivity contribution is 0.284. The van der Waals surface area contributed by atoms with E-state index < -0.39 is 7.60 Å². The summed E-state index contributed by atoms with van der Waals surface area (Å²) >= 11 is 0. The highest BCUT2D eigenvalue weighted by Crippen LogP contribution is 2.35. The summed E-state index contributed by atoms with van der Waals surface area (Å²) < 4.78 is 35.7. The minimum atomic E-state index is -3.82. The molecule has 5 nitrogen and oxygen atoms in total. The molecule has 0 aromatic heterocycles. The van der Waals surface area contributed by atoms with E-state index >= 15 is 0 Å². The van der Waals surface area contributed by atoms with E-state index in [1.807, 2.05) is 13.8 Å². The molecule has 0 saturated heterocycles. The zero-order valence-corrected chi connectivity index (χ0v) is 17.5. The lowest BCUT2D eigenvalue weighted by atomic mass is 10.1. The van der Waals surface area contributed by atoms with Gasteiger partial charge in [0, 0.05) is 12.2 Å². The fourth-order valence-electron chi connectivity index (χ4n) is 2.96. The summed E-state index contributed by atoms with van der Waals surface area (Å²) in [6.45, 7) is 4.70. The number of aryl methyl sites for hydroxylation is 1. The van der Waals surface area contributed by atoms with E-state index in [9.17, 15) is 8.96 Å². The molecule has 156 valence electrons. The molecule has 0 aliphatic heterocycles. The average molecular weight is 404 g/mol. The Labute approximate surface area is 162 Å². The van der Waals surface area contributed by atoms with Crippen LogP contribution >= 0.6 is 7.60 Å². The van der Waals surface area contributed by atoms with Crippen molar-refractivity contribution in [3.8, 4) is 11.5 Å². The van der Waals surface area contributed by atoms with Gasteiger partial charge in [-0.05, 0) is 38.3 Å². The van der Waals surface area contributed by atoms with E-state index in [1.165, 1.54) is 6.07 Å². The van der Waals surface area contributed by atoms with Gasteiger partial charge in [0.05, 0.1) is 13.2 Å². The molecule has 0 aliphatic rings. The molecule has 0 amide bonds. The third kappa shape index (κ3) is 11.4. The van der Waals surface area contributed by atoms with Crippen LogP contribution in [-0.2, 0) is 4.57 Å². The van der Waals surface area contributed by atoms with Crippen molar-refractivity contribution >= 4 is 7.60 Å². The molecule has 7 heteroatoms.